The number of rotatable bonds is 5. The van der Waals surface area contributed by atoms with Crippen LogP contribution in [0.15, 0.2) is 18.2 Å². The molecule has 1 unspecified atom stereocenters. The number of benzene rings is 1. The van der Waals surface area contributed by atoms with Gasteiger partial charge in [-0.25, -0.2) is 0 Å². The number of hydrogen-bond donors (Lipinski definition) is 1. The molecule has 3 nitrogen and oxygen atoms in total. The van der Waals surface area contributed by atoms with Crippen LogP contribution in [0.3, 0.4) is 0 Å². The second kappa shape index (κ2) is 6.06. The molecule has 1 aromatic carbocycles. The molecule has 1 aromatic rings. The maximum atomic E-state index is 12.6. The summed E-state index contributed by atoms with van der Waals surface area (Å²) >= 11 is 0. The molecule has 0 aliphatic rings. The van der Waals surface area contributed by atoms with Crippen LogP contribution in [0.2, 0.25) is 0 Å². The molecule has 0 heterocycles. The Morgan fingerprint density at radius 1 is 1.33 bits per heavy atom. The molecule has 0 aromatic heterocycles. The molecule has 0 aliphatic carbocycles. The SMILES string of the molecule is COCC(C)Oc1ccc(C(F)(F)F)c(CN)c1. The molecule has 2 N–H and O–H groups in total. The lowest BCUT2D eigenvalue weighted by atomic mass is 10.1. The predicted octanol–water partition coefficient (Wildman–Crippen LogP) is 2.58. The van der Waals surface area contributed by atoms with Gasteiger partial charge >= 0.3 is 6.18 Å². The minimum atomic E-state index is -4.40. The van der Waals surface area contributed by atoms with Crippen molar-refractivity contribution in [1.82, 2.24) is 0 Å². The van der Waals surface area contributed by atoms with E-state index in [1.165, 1.54) is 19.2 Å². The topological polar surface area (TPSA) is 44.5 Å². The van der Waals surface area contributed by atoms with E-state index in [1.807, 2.05) is 0 Å². The van der Waals surface area contributed by atoms with E-state index in [4.69, 9.17) is 15.2 Å². The molecule has 1 atom stereocenters. The van der Waals surface area contributed by atoms with Gasteiger partial charge in [-0.2, -0.15) is 13.2 Å². The average molecular weight is 263 g/mol. The van der Waals surface area contributed by atoms with Gasteiger partial charge in [-0.15, -0.1) is 0 Å². The number of hydrogen-bond acceptors (Lipinski definition) is 3. The first-order valence-electron chi connectivity index (χ1n) is 5.44. The van der Waals surface area contributed by atoms with Crippen molar-refractivity contribution in [2.45, 2.75) is 25.7 Å². The fourth-order valence-corrected chi connectivity index (χ4v) is 1.59. The van der Waals surface area contributed by atoms with E-state index in [1.54, 1.807) is 6.92 Å². The second-order valence-electron chi connectivity index (χ2n) is 3.90. The molecule has 0 radical (unpaired) electrons. The molecule has 0 spiro atoms. The Morgan fingerprint density at radius 2 is 2.00 bits per heavy atom. The van der Waals surface area contributed by atoms with Gasteiger partial charge in [0, 0.05) is 13.7 Å². The van der Waals surface area contributed by atoms with Gasteiger partial charge < -0.3 is 15.2 Å². The van der Waals surface area contributed by atoms with Crippen LogP contribution in [-0.4, -0.2) is 19.8 Å². The van der Waals surface area contributed by atoms with E-state index >= 15 is 0 Å². The third-order valence-electron chi connectivity index (χ3n) is 2.34. The molecule has 18 heavy (non-hydrogen) atoms. The largest absolute Gasteiger partial charge is 0.488 e. The van der Waals surface area contributed by atoms with E-state index in [9.17, 15) is 13.2 Å². The van der Waals surface area contributed by atoms with Crippen LogP contribution >= 0.6 is 0 Å². The van der Waals surface area contributed by atoms with Crippen molar-refractivity contribution in [3.63, 3.8) is 0 Å². The highest BCUT2D eigenvalue weighted by Crippen LogP contribution is 2.33. The van der Waals surface area contributed by atoms with Crippen LogP contribution < -0.4 is 10.5 Å². The summed E-state index contributed by atoms with van der Waals surface area (Å²) < 4.78 is 48.2. The van der Waals surface area contributed by atoms with Gasteiger partial charge in [-0.1, -0.05) is 0 Å². The lowest BCUT2D eigenvalue weighted by molar-refractivity contribution is -0.138. The maximum absolute atomic E-state index is 12.6. The van der Waals surface area contributed by atoms with Crippen LogP contribution in [0.25, 0.3) is 0 Å². The summed E-state index contributed by atoms with van der Waals surface area (Å²) in [6.45, 7) is 1.94. The van der Waals surface area contributed by atoms with E-state index in [0.717, 1.165) is 6.07 Å². The van der Waals surface area contributed by atoms with Crippen molar-refractivity contribution in [2.24, 2.45) is 5.73 Å². The van der Waals surface area contributed by atoms with Crippen molar-refractivity contribution in [3.05, 3.63) is 29.3 Å². The standard InChI is InChI=1S/C12H16F3NO2/c1-8(7-17-2)18-10-3-4-11(12(13,14)15)9(5-10)6-16/h3-5,8H,6-7,16H2,1-2H3. The van der Waals surface area contributed by atoms with Crippen molar-refractivity contribution in [2.75, 3.05) is 13.7 Å². The van der Waals surface area contributed by atoms with Crippen molar-refractivity contribution in [3.8, 4) is 5.75 Å². The van der Waals surface area contributed by atoms with Crippen LogP contribution in [0.5, 0.6) is 5.75 Å². The highest BCUT2D eigenvalue weighted by molar-refractivity contribution is 5.37. The first kappa shape index (κ1) is 14.8. The highest BCUT2D eigenvalue weighted by Gasteiger charge is 2.33. The monoisotopic (exact) mass is 263 g/mol. The Morgan fingerprint density at radius 3 is 2.50 bits per heavy atom. The van der Waals surface area contributed by atoms with Crippen molar-refractivity contribution < 1.29 is 22.6 Å². The fourth-order valence-electron chi connectivity index (χ4n) is 1.59. The zero-order valence-corrected chi connectivity index (χ0v) is 10.3. The van der Waals surface area contributed by atoms with Gasteiger partial charge in [0.2, 0.25) is 0 Å². The Bertz CT molecular complexity index is 393. The van der Waals surface area contributed by atoms with E-state index < -0.39 is 11.7 Å². The molecular formula is C12H16F3NO2. The second-order valence-corrected chi connectivity index (χ2v) is 3.90. The molecule has 0 saturated carbocycles. The minimum Gasteiger partial charge on any atom is -0.488 e. The molecule has 102 valence electrons. The Kier molecular flexibility index (Phi) is 4.98. The fraction of sp³-hybridized carbons (Fsp3) is 0.500. The number of methoxy groups -OCH3 is 1. The number of nitrogens with two attached hydrogens (primary N) is 1. The van der Waals surface area contributed by atoms with Crippen molar-refractivity contribution >= 4 is 0 Å². The van der Waals surface area contributed by atoms with E-state index in [0.29, 0.717) is 12.4 Å². The van der Waals surface area contributed by atoms with Gasteiger partial charge in [0.25, 0.3) is 0 Å². The average Bonchev–Trinajstić information content (AvgIpc) is 2.27. The van der Waals surface area contributed by atoms with Gasteiger partial charge in [0.05, 0.1) is 12.2 Å². The Balaban J connectivity index is 2.92. The minimum absolute atomic E-state index is 0.0182. The first-order valence-corrected chi connectivity index (χ1v) is 5.44. The van der Waals surface area contributed by atoms with Gasteiger partial charge in [0.1, 0.15) is 11.9 Å². The molecule has 0 bridgehead atoms. The molecule has 6 heteroatoms. The smallest absolute Gasteiger partial charge is 0.416 e. The normalized spacial score (nSPS) is 13.4. The van der Waals surface area contributed by atoms with Crippen LogP contribution in [0, 0.1) is 0 Å². The first-order chi connectivity index (χ1) is 8.38. The predicted molar refractivity (Wildman–Crippen MR) is 61.3 cm³/mol. The summed E-state index contributed by atoms with van der Waals surface area (Å²) in [6, 6.07) is 3.58. The highest BCUT2D eigenvalue weighted by atomic mass is 19.4. The lowest BCUT2D eigenvalue weighted by Crippen LogP contribution is -2.18. The van der Waals surface area contributed by atoms with Crippen LogP contribution in [0.4, 0.5) is 13.2 Å². The quantitative estimate of drug-likeness (QED) is 0.888. The zero-order valence-electron chi connectivity index (χ0n) is 10.3. The zero-order chi connectivity index (χ0) is 13.8. The summed E-state index contributed by atoms with van der Waals surface area (Å²) in [6.07, 6.45) is -4.64. The summed E-state index contributed by atoms with van der Waals surface area (Å²) in [5, 5.41) is 0. The maximum Gasteiger partial charge on any atom is 0.416 e. The van der Waals surface area contributed by atoms with Crippen LogP contribution in [0.1, 0.15) is 18.1 Å². The molecule has 0 aliphatic heterocycles. The van der Waals surface area contributed by atoms with Crippen LogP contribution in [-0.2, 0) is 17.5 Å². The molecule has 0 amide bonds. The lowest BCUT2D eigenvalue weighted by Gasteiger charge is -2.17. The van der Waals surface area contributed by atoms with Gasteiger partial charge in [0.15, 0.2) is 0 Å². The number of halogens is 3. The number of ether oxygens (including phenoxy) is 2. The molecule has 0 saturated heterocycles. The summed E-state index contributed by atoms with van der Waals surface area (Å²) in [7, 11) is 1.53. The van der Waals surface area contributed by atoms with Crippen molar-refractivity contribution in [1.29, 1.82) is 0 Å². The Labute approximate surface area is 104 Å². The van der Waals surface area contributed by atoms with E-state index in [-0.39, 0.29) is 18.2 Å². The Hall–Kier alpha value is -1.27. The summed E-state index contributed by atoms with van der Waals surface area (Å²) in [5.41, 5.74) is 4.62. The van der Waals surface area contributed by atoms with Gasteiger partial charge in [-0.3, -0.25) is 0 Å². The molecule has 1 rings (SSSR count). The summed E-state index contributed by atoms with van der Waals surface area (Å²) in [4.78, 5) is 0. The third-order valence-corrected chi connectivity index (χ3v) is 2.34. The van der Waals surface area contributed by atoms with E-state index in [2.05, 4.69) is 0 Å². The van der Waals surface area contributed by atoms with Gasteiger partial charge in [-0.05, 0) is 30.7 Å². The molecular weight excluding hydrogens is 247 g/mol. The summed E-state index contributed by atoms with van der Waals surface area (Å²) in [5.74, 6) is 0.355. The third kappa shape index (κ3) is 3.89. The number of alkyl halides is 3. The molecule has 0 fully saturated rings.